The molecule has 2 amide bonds. The Balaban J connectivity index is 1.41. The molecule has 1 atom stereocenters. The number of methoxy groups -OCH3 is 1. The zero-order valence-corrected chi connectivity index (χ0v) is 19.3. The first kappa shape index (κ1) is 23.6. The molecule has 2 aromatic rings. The molecule has 2 aromatic carbocycles. The molecule has 0 bridgehead atoms. The van der Waals surface area contributed by atoms with Gasteiger partial charge in [-0.25, -0.2) is 0 Å². The fraction of sp³-hybridized carbons (Fsp3) is 0.462. The highest BCUT2D eigenvalue weighted by Gasteiger charge is 2.28. The van der Waals surface area contributed by atoms with Crippen LogP contribution in [0.5, 0.6) is 11.5 Å². The van der Waals surface area contributed by atoms with Gasteiger partial charge in [-0.2, -0.15) is 0 Å². The Bertz CT molecular complexity index is 892. The first-order valence-corrected chi connectivity index (χ1v) is 11.4. The van der Waals surface area contributed by atoms with Crippen molar-refractivity contribution < 1.29 is 19.1 Å². The van der Waals surface area contributed by atoms with E-state index >= 15 is 0 Å². The SMILES string of the molecule is CCC(C(=O)N1CCC(NC(=O)CCOc2ccc(C)cc2OC)CC1)c1ccccc1. The van der Waals surface area contributed by atoms with Gasteiger partial charge in [0.15, 0.2) is 11.5 Å². The first-order valence-electron chi connectivity index (χ1n) is 11.4. The normalized spacial score (nSPS) is 15.2. The molecule has 0 spiro atoms. The van der Waals surface area contributed by atoms with Crippen LogP contribution in [0.1, 0.15) is 49.7 Å². The standard InChI is InChI=1S/C26H34N2O4/c1-4-22(20-8-6-5-7-9-20)26(30)28-15-12-21(13-16-28)27-25(29)14-17-32-23-11-10-19(2)18-24(23)31-3/h5-11,18,21-22H,4,12-17H2,1-3H3,(H,27,29). The predicted molar refractivity (Wildman–Crippen MR) is 125 cm³/mol. The van der Waals surface area contributed by atoms with Crippen LogP contribution in [-0.2, 0) is 9.59 Å². The molecule has 1 saturated heterocycles. The lowest BCUT2D eigenvalue weighted by atomic mass is 9.93. The van der Waals surface area contributed by atoms with Crippen LogP contribution in [0.15, 0.2) is 48.5 Å². The van der Waals surface area contributed by atoms with Crippen LogP contribution in [0, 0.1) is 6.92 Å². The highest BCUT2D eigenvalue weighted by Crippen LogP contribution is 2.28. The van der Waals surface area contributed by atoms with E-state index in [0.29, 0.717) is 24.6 Å². The lowest BCUT2D eigenvalue weighted by molar-refractivity contribution is -0.134. The molecule has 1 unspecified atom stereocenters. The van der Waals surface area contributed by atoms with Crippen molar-refractivity contribution in [2.75, 3.05) is 26.8 Å². The molecule has 32 heavy (non-hydrogen) atoms. The number of hydrogen-bond acceptors (Lipinski definition) is 4. The van der Waals surface area contributed by atoms with Gasteiger partial charge in [-0.1, -0.05) is 43.3 Å². The van der Waals surface area contributed by atoms with Crippen LogP contribution >= 0.6 is 0 Å². The first-order chi connectivity index (χ1) is 15.5. The van der Waals surface area contributed by atoms with E-state index in [0.717, 1.165) is 30.4 Å². The van der Waals surface area contributed by atoms with Crippen molar-refractivity contribution in [2.24, 2.45) is 0 Å². The van der Waals surface area contributed by atoms with Crippen LogP contribution < -0.4 is 14.8 Å². The molecule has 6 heteroatoms. The highest BCUT2D eigenvalue weighted by atomic mass is 16.5. The summed E-state index contributed by atoms with van der Waals surface area (Å²) in [6.07, 6.45) is 2.61. The lowest BCUT2D eigenvalue weighted by Gasteiger charge is -2.34. The molecule has 0 radical (unpaired) electrons. The van der Waals surface area contributed by atoms with Crippen molar-refractivity contribution in [3.63, 3.8) is 0 Å². The quantitative estimate of drug-likeness (QED) is 0.641. The minimum atomic E-state index is -0.0988. The molecule has 0 saturated carbocycles. The van der Waals surface area contributed by atoms with Crippen molar-refractivity contribution in [3.05, 3.63) is 59.7 Å². The van der Waals surface area contributed by atoms with Gasteiger partial charge in [0, 0.05) is 19.1 Å². The predicted octanol–water partition coefficient (Wildman–Crippen LogP) is 4.07. The maximum absolute atomic E-state index is 13.0. The maximum atomic E-state index is 13.0. The number of benzene rings is 2. The van der Waals surface area contributed by atoms with Gasteiger partial charge in [-0.05, 0) is 49.4 Å². The van der Waals surface area contributed by atoms with Crippen molar-refractivity contribution >= 4 is 11.8 Å². The molecule has 1 fully saturated rings. The van der Waals surface area contributed by atoms with E-state index in [2.05, 4.69) is 12.2 Å². The van der Waals surface area contributed by atoms with Gasteiger partial charge in [-0.15, -0.1) is 0 Å². The third-order valence-corrected chi connectivity index (χ3v) is 5.99. The molecule has 1 heterocycles. The van der Waals surface area contributed by atoms with Crippen LogP contribution in [0.4, 0.5) is 0 Å². The van der Waals surface area contributed by atoms with E-state index < -0.39 is 0 Å². The average Bonchev–Trinajstić information content (AvgIpc) is 2.81. The highest BCUT2D eigenvalue weighted by molar-refractivity contribution is 5.84. The second kappa shape index (κ2) is 11.6. The Morgan fingerprint density at radius 2 is 1.81 bits per heavy atom. The van der Waals surface area contributed by atoms with Crippen molar-refractivity contribution in [1.82, 2.24) is 10.2 Å². The molecule has 0 aromatic heterocycles. The Morgan fingerprint density at radius 1 is 1.09 bits per heavy atom. The van der Waals surface area contributed by atoms with Crippen molar-refractivity contribution in [2.45, 2.75) is 51.5 Å². The number of amides is 2. The summed E-state index contributed by atoms with van der Waals surface area (Å²) in [6.45, 7) is 5.67. The van der Waals surface area contributed by atoms with Gasteiger partial charge in [0.1, 0.15) is 0 Å². The number of hydrogen-bond donors (Lipinski definition) is 1. The molecular weight excluding hydrogens is 404 g/mol. The molecule has 1 aliphatic heterocycles. The van der Waals surface area contributed by atoms with E-state index in [9.17, 15) is 9.59 Å². The number of aryl methyl sites for hydroxylation is 1. The second-order valence-corrected chi connectivity index (χ2v) is 8.29. The monoisotopic (exact) mass is 438 g/mol. The number of likely N-dealkylation sites (tertiary alicyclic amines) is 1. The van der Waals surface area contributed by atoms with Crippen LogP contribution in [0.2, 0.25) is 0 Å². The van der Waals surface area contributed by atoms with E-state index in [-0.39, 0.29) is 36.8 Å². The van der Waals surface area contributed by atoms with Gasteiger partial charge >= 0.3 is 0 Å². The zero-order valence-electron chi connectivity index (χ0n) is 19.3. The van der Waals surface area contributed by atoms with E-state index in [1.54, 1.807) is 7.11 Å². The average molecular weight is 439 g/mol. The van der Waals surface area contributed by atoms with Crippen LogP contribution in [0.25, 0.3) is 0 Å². The Kier molecular flexibility index (Phi) is 8.54. The number of nitrogens with zero attached hydrogens (tertiary/aromatic N) is 1. The summed E-state index contributed by atoms with van der Waals surface area (Å²) in [4.78, 5) is 27.3. The maximum Gasteiger partial charge on any atom is 0.230 e. The van der Waals surface area contributed by atoms with Gasteiger partial charge < -0.3 is 19.7 Å². The number of piperidine rings is 1. The van der Waals surface area contributed by atoms with E-state index in [4.69, 9.17) is 9.47 Å². The van der Waals surface area contributed by atoms with Gasteiger partial charge in [-0.3, -0.25) is 9.59 Å². The second-order valence-electron chi connectivity index (χ2n) is 8.29. The molecular formula is C26H34N2O4. The number of carbonyl (C=O) groups is 2. The fourth-order valence-electron chi connectivity index (χ4n) is 4.15. The molecule has 1 aliphatic rings. The van der Waals surface area contributed by atoms with Crippen molar-refractivity contribution in [1.29, 1.82) is 0 Å². The number of nitrogens with one attached hydrogen (secondary N) is 1. The molecule has 3 rings (SSSR count). The van der Waals surface area contributed by atoms with Gasteiger partial charge in [0.2, 0.25) is 11.8 Å². The minimum Gasteiger partial charge on any atom is -0.493 e. The molecule has 172 valence electrons. The molecule has 6 nitrogen and oxygen atoms in total. The third kappa shape index (κ3) is 6.25. The minimum absolute atomic E-state index is 0.0309. The summed E-state index contributed by atoms with van der Waals surface area (Å²) in [7, 11) is 1.61. The number of ether oxygens (including phenoxy) is 2. The topological polar surface area (TPSA) is 67.9 Å². The van der Waals surface area contributed by atoms with Crippen molar-refractivity contribution in [3.8, 4) is 11.5 Å². The van der Waals surface area contributed by atoms with Gasteiger partial charge in [0.05, 0.1) is 26.1 Å². The third-order valence-electron chi connectivity index (χ3n) is 5.99. The Hall–Kier alpha value is -3.02. The molecule has 1 N–H and O–H groups in total. The number of carbonyl (C=O) groups excluding carboxylic acids is 2. The van der Waals surface area contributed by atoms with E-state index in [1.807, 2.05) is 60.4 Å². The van der Waals surface area contributed by atoms with Crippen LogP contribution in [0.3, 0.4) is 0 Å². The largest absolute Gasteiger partial charge is 0.493 e. The summed E-state index contributed by atoms with van der Waals surface area (Å²) >= 11 is 0. The lowest BCUT2D eigenvalue weighted by Crippen LogP contribution is -2.47. The Morgan fingerprint density at radius 3 is 2.47 bits per heavy atom. The summed E-state index contributed by atoms with van der Waals surface area (Å²) in [6, 6.07) is 15.8. The van der Waals surface area contributed by atoms with Gasteiger partial charge in [0.25, 0.3) is 0 Å². The summed E-state index contributed by atoms with van der Waals surface area (Å²) in [5, 5.41) is 3.09. The molecule has 0 aliphatic carbocycles. The van der Waals surface area contributed by atoms with Crippen LogP contribution in [-0.4, -0.2) is 49.6 Å². The smallest absolute Gasteiger partial charge is 0.230 e. The Labute approximate surface area is 190 Å². The number of rotatable bonds is 9. The summed E-state index contributed by atoms with van der Waals surface area (Å²) < 4.78 is 11.1. The summed E-state index contributed by atoms with van der Waals surface area (Å²) in [5.41, 5.74) is 2.16. The summed E-state index contributed by atoms with van der Waals surface area (Å²) in [5.74, 6) is 1.36. The zero-order chi connectivity index (χ0) is 22.9. The fourth-order valence-corrected chi connectivity index (χ4v) is 4.15. The van der Waals surface area contributed by atoms with E-state index in [1.165, 1.54) is 0 Å².